The van der Waals surface area contributed by atoms with E-state index < -0.39 is 0 Å². The summed E-state index contributed by atoms with van der Waals surface area (Å²) in [6.07, 6.45) is 0.925. The zero-order valence-corrected chi connectivity index (χ0v) is 18.6. The molecule has 1 aliphatic rings. The molecule has 1 saturated heterocycles. The highest BCUT2D eigenvalue weighted by atomic mass is 35.5. The summed E-state index contributed by atoms with van der Waals surface area (Å²) in [6, 6.07) is 15.0. The molecule has 1 fully saturated rings. The molecule has 0 radical (unpaired) electrons. The monoisotopic (exact) mass is 446 g/mol. The number of thiocarbonyl (C=S) groups is 1. The maximum Gasteiger partial charge on any atom is 0.238 e. The fourth-order valence-electron chi connectivity index (χ4n) is 3.33. The van der Waals surface area contributed by atoms with Gasteiger partial charge in [0.25, 0.3) is 0 Å². The molecule has 0 aliphatic carbocycles. The van der Waals surface area contributed by atoms with Crippen LogP contribution in [0.4, 0.5) is 11.4 Å². The topological polar surface area (TPSA) is 56.8 Å². The summed E-state index contributed by atoms with van der Waals surface area (Å²) < 4.78 is 5.67. The number of benzene rings is 2. The Hall–Kier alpha value is -2.35. The van der Waals surface area contributed by atoms with Crippen molar-refractivity contribution in [2.75, 3.05) is 50.0 Å². The molecule has 1 amide bonds. The van der Waals surface area contributed by atoms with Gasteiger partial charge >= 0.3 is 0 Å². The lowest BCUT2D eigenvalue weighted by Crippen LogP contribution is -2.39. The molecule has 3 rings (SSSR count). The molecule has 0 bridgehead atoms. The number of halogens is 1. The first-order valence-corrected chi connectivity index (χ1v) is 10.9. The minimum absolute atomic E-state index is 0.0668. The maximum absolute atomic E-state index is 12.4. The Kier molecular flexibility index (Phi) is 8.30. The van der Waals surface area contributed by atoms with Crippen molar-refractivity contribution in [3.05, 3.63) is 53.6 Å². The van der Waals surface area contributed by atoms with Crippen molar-refractivity contribution < 1.29 is 9.53 Å². The minimum Gasteiger partial charge on any atom is -0.492 e. The van der Waals surface area contributed by atoms with Gasteiger partial charge in [-0.1, -0.05) is 35.9 Å². The first-order chi connectivity index (χ1) is 14.6. The third kappa shape index (κ3) is 6.32. The second-order valence-electron chi connectivity index (χ2n) is 7.00. The van der Waals surface area contributed by atoms with Crippen molar-refractivity contribution in [1.82, 2.24) is 9.80 Å². The number of carbonyl (C=O) groups is 1. The van der Waals surface area contributed by atoms with E-state index in [1.165, 1.54) is 0 Å². The van der Waals surface area contributed by atoms with Crippen molar-refractivity contribution in [1.29, 1.82) is 0 Å². The van der Waals surface area contributed by atoms with Crippen molar-refractivity contribution in [2.45, 2.75) is 13.3 Å². The van der Waals surface area contributed by atoms with E-state index in [2.05, 4.69) is 20.4 Å². The standard InChI is InChI=1S/C22H27ClN4O2S/c1-2-29-20-11-6-5-10-19(20)25-22(30)27-13-7-12-26(14-15-27)16-21(28)24-18-9-4-3-8-17(18)23/h3-6,8-11H,2,7,12-16H2,1H3,(H,24,28)(H,25,30). The smallest absolute Gasteiger partial charge is 0.238 e. The van der Waals surface area contributed by atoms with E-state index in [1.807, 2.05) is 43.3 Å². The molecule has 2 aromatic carbocycles. The van der Waals surface area contributed by atoms with Crippen molar-refractivity contribution in [3.8, 4) is 5.75 Å². The lowest BCUT2D eigenvalue weighted by molar-refractivity contribution is -0.117. The molecule has 6 nitrogen and oxygen atoms in total. The van der Waals surface area contributed by atoms with E-state index in [4.69, 9.17) is 28.6 Å². The Morgan fingerprint density at radius 1 is 1.03 bits per heavy atom. The third-order valence-corrected chi connectivity index (χ3v) is 5.51. The minimum atomic E-state index is -0.0668. The quantitative estimate of drug-likeness (QED) is 0.652. The molecule has 0 saturated carbocycles. The predicted octanol–water partition coefficient (Wildman–Crippen LogP) is 4.08. The van der Waals surface area contributed by atoms with E-state index in [9.17, 15) is 4.79 Å². The van der Waals surface area contributed by atoms with Crippen LogP contribution in [-0.4, -0.2) is 60.2 Å². The van der Waals surface area contributed by atoms with Crippen LogP contribution in [0.15, 0.2) is 48.5 Å². The molecular weight excluding hydrogens is 420 g/mol. The molecule has 160 valence electrons. The summed E-state index contributed by atoms with van der Waals surface area (Å²) >= 11 is 11.8. The summed E-state index contributed by atoms with van der Waals surface area (Å²) in [4.78, 5) is 16.7. The molecular formula is C22H27ClN4O2S. The predicted molar refractivity (Wildman–Crippen MR) is 127 cm³/mol. The molecule has 0 aromatic heterocycles. The van der Waals surface area contributed by atoms with Crippen LogP contribution in [0, 0.1) is 0 Å². The van der Waals surface area contributed by atoms with Gasteiger partial charge in [-0.25, -0.2) is 0 Å². The Morgan fingerprint density at radius 2 is 1.77 bits per heavy atom. The SMILES string of the molecule is CCOc1ccccc1NC(=S)N1CCCN(CC(=O)Nc2ccccc2Cl)CC1. The second kappa shape index (κ2) is 11.2. The van der Waals surface area contributed by atoms with Gasteiger partial charge in [0, 0.05) is 26.2 Å². The van der Waals surface area contributed by atoms with Crippen LogP contribution in [0.2, 0.25) is 5.02 Å². The lowest BCUT2D eigenvalue weighted by atomic mass is 10.3. The summed E-state index contributed by atoms with van der Waals surface area (Å²) in [5.41, 5.74) is 1.50. The van der Waals surface area contributed by atoms with Gasteiger partial charge in [0.2, 0.25) is 5.91 Å². The van der Waals surface area contributed by atoms with Gasteiger partial charge in [0.1, 0.15) is 5.75 Å². The molecule has 0 unspecified atom stereocenters. The number of carbonyl (C=O) groups excluding carboxylic acids is 1. The Balaban J connectivity index is 1.51. The first kappa shape index (κ1) is 22.3. The van der Waals surface area contributed by atoms with Crippen molar-refractivity contribution in [2.24, 2.45) is 0 Å². The Labute approximate surface area is 188 Å². The average Bonchev–Trinajstić information content (AvgIpc) is 2.97. The normalized spacial score (nSPS) is 14.7. The molecule has 30 heavy (non-hydrogen) atoms. The fourth-order valence-corrected chi connectivity index (χ4v) is 3.81. The maximum atomic E-state index is 12.4. The number of para-hydroxylation sites is 3. The Morgan fingerprint density at radius 3 is 2.53 bits per heavy atom. The van der Waals surface area contributed by atoms with Crippen LogP contribution in [0.25, 0.3) is 0 Å². The molecule has 8 heteroatoms. The van der Waals surface area contributed by atoms with Gasteiger partial charge in [0.15, 0.2) is 5.11 Å². The van der Waals surface area contributed by atoms with Gasteiger partial charge in [-0.3, -0.25) is 9.69 Å². The number of rotatable bonds is 6. The Bertz CT molecular complexity index is 880. The van der Waals surface area contributed by atoms with Crippen LogP contribution < -0.4 is 15.4 Å². The third-order valence-electron chi connectivity index (χ3n) is 4.82. The van der Waals surface area contributed by atoms with Crippen molar-refractivity contribution >= 4 is 46.2 Å². The average molecular weight is 447 g/mol. The molecule has 2 N–H and O–H groups in total. The van der Waals surface area contributed by atoms with E-state index >= 15 is 0 Å². The summed E-state index contributed by atoms with van der Waals surface area (Å²) in [6.45, 7) is 6.07. The highest BCUT2D eigenvalue weighted by molar-refractivity contribution is 7.80. The number of ether oxygens (including phenoxy) is 1. The lowest BCUT2D eigenvalue weighted by Gasteiger charge is -2.25. The van der Waals surface area contributed by atoms with Gasteiger partial charge < -0.3 is 20.3 Å². The van der Waals surface area contributed by atoms with Crippen LogP contribution in [0.5, 0.6) is 5.75 Å². The number of nitrogens with zero attached hydrogens (tertiary/aromatic N) is 2. The number of amides is 1. The molecule has 0 atom stereocenters. The largest absolute Gasteiger partial charge is 0.492 e. The fraction of sp³-hybridized carbons (Fsp3) is 0.364. The molecule has 0 spiro atoms. The highest BCUT2D eigenvalue weighted by Gasteiger charge is 2.19. The van der Waals surface area contributed by atoms with E-state index in [1.54, 1.807) is 12.1 Å². The molecule has 2 aromatic rings. The van der Waals surface area contributed by atoms with Gasteiger partial charge in [-0.05, 0) is 49.8 Å². The molecule has 1 aliphatic heterocycles. The number of hydrogen-bond donors (Lipinski definition) is 2. The zero-order chi connectivity index (χ0) is 21.3. The number of hydrogen-bond acceptors (Lipinski definition) is 4. The van der Waals surface area contributed by atoms with Gasteiger partial charge in [0.05, 0.1) is 29.5 Å². The van der Waals surface area contributed by atoms with E-state index in [0.717, 1.165) is 44.0 Å². The first-order valence-electron chi connectivity index (χ1n) is 10.1. The highest BCUT2D eigenvalue weighted by Crippen LogP contribution is 2.24. The van der Waals surface area contributed by atoms with Crippen LogP contribution in [0.3, 0.4) is 0 Å². The zero-order valence-electron chi connectivity index (χ0n) is 17.1. The van der Waals surface area contributed by atoms with Crippen LogP contribution in [0.1, 0.15) is 13.3 Å². The van der Waals surface area contributed by atoms with Gasteiger partial charge in [-0.2, -0.15) is 0 Å². The van der Waals surface area contributed by atoms with Gasteiger partial charge in [-0.15, -0.1) is 0 Å². The summed E-state index contributed by atoms with van der Waals surface area (Å²) in [7, 11) is 0. The summed E-state index contributed by atoms with van der Waals surface area (Å²) in [5, 5.41) is 7.40. The summed E-state index contributed by atoms with van der Waals surface area (Å²) in [5.74, 6) is 0.720. The van der Waals surface area contributed by atoms with Crippen LogP contribution >= 0.6 is 23.8 Å². The van der Waals surface area contributed by atoms with E-state index in [-0.39, 0.29) is 5.91 Å². The van der Waals surface area contributed by atoms with E-state index in [0.29, 0.717) is 29.0 Å². The second-order valence-corrected chi connectivity index (χ2v) is 7.80. The number of anilines is 2. The van der Waals surface area contributed by atoms with Crippen LogP contribution in [-0.2, 0) is 4.79 Å². The number of nitrogens with one attached hydrogen (secondary N) is 2. The molecule has 1 heterocycles. The van der Waals surface area contributed by atoms with Crippen molar-refractivity contribution in [3.63, 3.8) is 0 Å².